The maximum Gasteiger partial charge on any atom is 0.324 e. The molecule has 2 fully saturated rings. The number of hydrogen-bond acceptors (Lipinski definition) is 6. The molecule has 10 heteroatoms. The molecule has 0 radical (unpaired) electrons. The minimum absolute atomic E-state index is 0.0360. The normalized spacial score (nSPS) is 25.1. The van der Waals surface area contributed by atoms with Crippen LogP contribution < -0.4 is 21.3 Å². The van der Waals surface area contributed by atoms with Crippen molar-refractivity contribution in [1.29, 1.82) is 0 Å². The highest BCUT2D eigenvalue weighted by Gasteiger charge is 2.68. The SMILES string of the molecule is CN(C)c1ccc(C2NC(CCCNC(N)=O)(C(=O)O)C3C(=O)N(Cc4ccccc4)C(=O)C23)cc1. The van der Waals surface area contributed by atoms with Crippen LogP contribution in [0.3, 0.4) is 0 Å². The van der Waals surface area contributed by atoms with Gasteiger partial charge in [-0.1, -0.05) is 42.5 Å². The maximum atomic E-state index is 13.7. The Balaban J connectivity index is 1.72. The lowest BCUT2D eigenvalue weighted by Crippen LogP contribution is -2.56. The van der Waals surface area contributed by atoms with Crippen LogP contribution in [0.4, 0.5) is 10.5 Å². The summed E-state index contributed by atoms with van der Waals surface area (Å²) < 4.78 is 0. The van der Waals surface area contributed by atoms with E-state index >= 15 is 0 Å². The lowest BCUT2D eigenvalue weighted by atomic mass is 9.77. The van der Waals surface area contributed by atoms with Gasteiger partial charge in [0.15, 0.2) is 0 Å². The van der Waals surface area contributed by atoms with Crippen LogP contribution in [0.25, 0.3) is 0 Å². The van der Waals surface area contributed by atoms with E-state index in [9.17, 15) is 24.3 Å². The minimum Gasteiger partial charge on any atom is -0.480 e. The molecule has 0 spiro atoms. The van der Waals surface area contributed by atoms with Crippen molar-refractivity contribution in [1.82, 2.24) is 15.5 Å². The average molecular weight is 494 g/mol. The van der Waals surface area contributed by atoms with Gasteiger partial charge in [0.1, 0.15) is 5.54 Å². The molecule has 4 amide bonds. The molecular formula is C26H31N5O5. The second-order valence-corrected chi connectivity index (χ2v) is 9.53. The fourth-order valence-corrected chi connectivity index (χ4v) is 5.36. The molecule has 4 rings (SSSR count). The molecule has 2 saturated heterocycles. The Morgan fingerprint density at radius 2 is 1.75 bits per heavy atom. The summed E-state index contributed by atoms with van der Waals surface area (Å²) in [6, 6.07) is 15.3. The van der Waals surface area contributed by atoms with E-state index < -0.39 is 41.3 Å². The number of urea groups is 1. The number of imide groups is 1. The summed E-state index contributed by atoms with van der Waals surface area (Å²) in [7, 11) is 3.82. The highest BCUT2D eigenvalue weighted by atomic mass is 16.4. The molecule has 2 heterocycles. The summed E-state index contributed by atoms with van der Waals surface area (Å²) in [4.78, 5) is 54.3. The Morgan fingerprint density at radius 1 is 1.08 bits per heavy atom. The Bertz CT molecular complexity index is 1150. The molecule has 2 aromatic carbocycles. The van der Waals surface area contributed by atoms with E-state index in [1.807, 2.05) is 73.6 Å². The Labute approximate surface area is 209 Å². The van der Waals surface area contributed by atoms with E-state index in [1.165, 1.54) is 4.90 Å². The van der Waals surface area contributed by atoms with Crippen molar-refractivity contribution >= 4 is 29.5 Å². The minimum atomic E-state index is -1.67. The summed E-state index contributed by atoms with van der Waals surface area (Å²) in [6.45, 7) is 0.234. The predicted molar refractivity (Wildman–Crippen MR) is 133 cm³/mol. The molecule has 36 heavy (non-hydrogen) atoms. The standard InChI is InChI=1S/C26H31N5O5/c1-30(2)18-11-9-17(10-12-18)21-19-20(26(29-21,24(34)35)13-6-14-28-25(27)36)23(33)31(22(19)32)15-16-7-4-3-5-8-16/h3-5,7-12,19-21,29H,6,13-15H2,1-2H3,(H,34,35)(H3,27,28,36). The van der Waals surface area contributed by atoms with Crippen LogP contribution in [0, 0.1) is 11.8 Å². The molecule has 2 aliphatic heterocycles. The summed E-state index contributed by atoms with van der Waals surface area (Å²) in [5.74, 6) is -4.04. The zero-order chi connectivity index (χ0) is 26.0. The van der Waals surface area contributed by atoms with Gasteiger partial charge < -0.3 is 21.1 Å². The van der Waals surface area contributed by atoms with Gasteiger partial charge in [-0.05, 0) is 36.1 Å². The maximum absolute atomic E-state index is 13.7. The van der Waals surface area contributed by atoms with Gasteiger partial charge in [-0.25, -0.2) is 4.79 Å². The number of rotatable bonds is 9. The number of nitrogens with zero attached hydrogens (tertiary/aromatic N) is 2. The van der Waals surface area contributed by atoms with E-state index in [1.54, 1.807) is 0 Å². The van der Waals surface area contributed by atoms with Crippen LogP contribution in [0.15, 0.2) is 54.6 Å². The molecule has 0 aromatic heterocycles. The highest BCUT2D eigenvalue weighted by Crippen LogP contribution is 2.50. The van der Waals surface area contributed by atoms with Crippen molar-refractivity contribution in [3.8, 4) is 0 Å². The van der Waals surface area contributed by atoms with Crippen molar-refractivity contribution in [3.63, 3.8) is 0 Å². The number of carbonyl (C=O) groups excluding carboxylic acids is 3. The van der Waals surface area contributed by atoms with E-state index in [0.717, 1.165) is 16.8 Å². The zero-order valence-electron chi connectivity index (χ0n) is 20.3. The van der Waals surface area contributed by atoms with Gasteiger partial charge in [-0.3, -0.25) is 24.6 Å². The number of likely N-dealkylation sites (tertiary alicyclic amines) is 1. The number of benzene rings is 2. The van der Waals surface area contributed by atoms with Gasteiger partial charge in [0.05, 0.1) is 18.4 Å². The molecule has 2 aromatic rings. The number of carboxylic acid groups (broad SMARTS) is 1. The number of hydrogen-bond donors (Lipinski definition) is 4. The second-order valence-electron chi connectivity index (χ2n) is 9.53. The number of aliphatic carboxylic acids is 1. The fraction of sp³-hybridized carbons (Fsp3) is 0.385. The molecule has 0 aliphatic carbocycles. The Morgan fingerprint density at radius 3 is 2.33 bits per heavy atom. The van der Waals surface area contributed by atoms with Crippen molar-refractivity contribution in [2.24, 2.45) is 17.6 Å². The van der Waals surface area contributed by atoms with Gasteiger partial charge in [-0.15, -0.1) is 0 Å². The average Bonchev–Trinajstić information content (AvgIpc) is 3.32. The van der Waals surface area contributed by atoms with E-state index in [-0.39, 0.29) is 31.8 Å². The van der Waals surface area contributed by atoms with E-state index in [2.05, 4.69) is 10.6 Å². The Hall–Kier alpha value is -3.92. The molecule has 10 nitrogen and oxygen atoms in total. The van der Waals surface area contributed by atoms with E-state index in [4.69, 9.17) is 5.73 Å². The third kappa shape index (κ3) is 4.51. The zero-order valence-corrected chi connectivity index (χ0v) is 20.3. The molecule has 0 bridgehead atoms. The van der Waals surface area contributed by atoms with Crippen LogP contribution in [-0.4, -0.2) is 60.0 Å². The van der Waals surface area contributed by atoms with Crippen LogP contribution in [0.2, 0.25) is 0 Å². The third-order valence-electron chi connectivity index (χ3n) is 7.13. The number of carbonyl (C=O) groups is 4. The van der Waals surface area contributed by atoms with Crippen LogP contribution >= 0.6 is 0 Å². The lowest BCUT2D eigenvalue weighted by molar-refractivity contribution is -0.152. The quantitative estimate of drug-likeness (QED) is 0.306. The number of amides is 4. The van der Waals surface area contributed by atoms with Gasteiger partial charge in [0.25, 0.3) is 0 Å². The topological polar surface area (TPSA) is 145 Å². The van der Waals surface area contributed by atoms with Gasteiger partial charge in [0.2, 0.25) is 11.8 Å². The summed E-state index contributed by atoms with van der Waals surface area (Å²) >= 11 is 0. The molecular weight excluding hydrogens is 462 g/mol. The molecule has 2 aliphatic rings. The first kappa shape index (κ1) is 25.2. The number of anilines is 1. The molecule has 0 saturated carbocycles. The number of primary amides is 1. The Kier molecular flexibility index (Phi) is 6.98. The van der Waals surface area contributed by atoms with Crippen molar-refractivity contribution < 1.29 is 24.3 Å². The first-order valence-electron chi connectivity index (χ1n) is 11.9. The second kappa shape index (κ2) is 9.98. The largest absolute Gasteiger partial charge is 0.480 e. The summed E-state index contributed by atoms with van der Waals surface area (Å²) in [5, 5.41) is 16.1. The first-order valence-corrected chi connectivity index (χ1v) is 11.9. The molecule has 190 valence electrons. The number of nitrogens with one attached hydrogen (secondary N) is 2. The summed E-state index contributed by atoms with van der Waals surface area (Å²) in [5.41, 5.74) is 5.93. The van der Waals surface area contributed by atoms with Crippen LogP contribution in [0.1, 0.15) is 30.0 Å². The molecule has 4 atom stereocenters. The van der Waals surface area contributed by atoms with Crippen molar-refractivity contribution in [3.05, 3.63) is 65.7 Å². The van der Waals surface area contributed by atoms with Crippen LogP contribution in [-0.2, 0) is 20.9 Å². The number of carboxylic acids is 1. The molecule has 4 unspecified atom stereocenters. The first-order chi connectivity index (χ1) is 17.2. The smallest absolute Gasteiger partial charge is 0.324 e. The number of fused-ring (bicyclic) bond motifs is 1. The van der Waals surface area contributed by atoms with Crippen molar-refractivity contribution in [2.45, 2.75) is 31.0 Å². The van der Waals surface area contributed by atoms with Crippen LogP contribution in [0.5, 0.6) is 0 Å². The summed E-state index contributed by atoms with van der Waals surface area (Å²) in [6.07, 6.45) is 0.298. The highest BCUT2D eigenvalue weighted by molar-refractivity contribution is 6.09. The lowest BCUT2D eigenvalue weighted by Gasteiger charge is -2.31. The number of nitrogens with two attached hydrogens (primary N) is 1. The molecule has 5 N–H and O–H groups in total. The predicted octanol–water partition coefficient (Wildman–Crippen LogP) is 1.47. The third-order valence-corrected chi connectivity index (χ3v) is 7.13. The van der Waals surface area contributed by atoms with Crippen molar-refractivity contribution in [2.75, 3.05) is 25.5 Å². The fourth-order valence-electron chi connectivity index (χ4n) is 5.36. The van der Waals surface area contributed by atoms with Gasteiger partial charge in [-0.2, -0.15) is 0 Å². The van der Waals surface area contributed by atoms with Gasteiger partial charge >= 0.3 is 12.0 Å². The van der Waals surface area contributed by atoms with E-state index in [0.29, 0.717) is 0 Å². The monoisotopic (exact) mass is 493 g/mol. The van der Waals surface area contributed by atoms with Gasteiger partial charge in [0, 0.05) is 32.4 Å².